The van der Waals surface area contributed by atoms with E-state index in [9.17, 15) is 9.59 Å². The molecule has 0 spiro atoms. The summed E-state index contributed by atoms with van der Waals surface area (Å²) < 4.78 is 1.59. The lowest BCUT2D eigenvalue weighted by Gasteiger charge is -2.14. The van der Waals surface area contributed by atoms with Gasteiger partial charge < -0.3 is 10.0 Å². The number of anilines is 1. The van der Waals surface area contributed by atoms with Crippen LogP contribution in [-0.4, -0.2) is 38.3 Å². The van der Waals surface area contributed by atoms with Crippen LogP contribution in [0.4, 0.5) is 5.69 Å². The van der Waals surface area contributed by atoms with Crippen LogP contribution >= 0.6 is 0 Å². The van der Waals surface area contributed by atoms with Crippen molar-refractivity contribution >= 4 is 17.6 Å². The summed E-state index contributed by atoms with van der Waals surface area (Å²) in [7, 11) is 0. The number of carbonyl (C=O) groups excluding carboxylic acids is 1. The SMILES string of the molecule is Cc1nn(-c2ccccn2)cc1N1C[C@H](C(=O)O)CC1=O. The summed E-state index contributed by atoms with van der Waals surface area (Å²) in [4.78, 5) is 28.7. The molecule has 0 unspecified atom stereocenters. The third kappa shape index (κ3) is 2.37. The maximum atomic E-state index is 12.0. The maximum Gasteiger partial charge on any atom is 0.308 e. The fraction of sp³-hybridized carbons (Fsp3) is 0.286. The predicted octanol–water partition coefficient (Wildman–Crippen LogP) is 1.01. The molecule has 21 heavy (non-hydrogen) atoms. The van der Waals surface area contributed by atoms with Gasteiger partial charge in [0.15, 0.2) is 5.82 Å². The van der Waals surface area contributed by atoms with Gasteiger partial charge in [0.1, 0.15) is 0 Å². The fourth-order valence-corrected chi connectivity index (χ4v) is 2.43. The highest BCUT2D eigenvalue weighted by Gasteiger charge is 2.36. The van der Waals surface area contributed by atoms with Gasteiger partial charge >= 0.3 is 5.97 Å². The van der Waals surface area contributed by atoms with E-state index in [0.717, 1.165) is 0 Å². The maximum absolute atomic E-state index is 12.0. The molecule has 0 radical (unpaired) electrons. The monoisotopic (exact) mass is 286 g/mol. The molecule has 0 aliphatic carbocycles. The molecular weight excluding hydrogens is 272 g/mol. The molecule has 7 nitrogen and oxygen atoms in total. The van der Waals surface area contributed by atoms with Crippen molar-refractivity contribution in [3.8, 4) is 5.82 Å². The number of aliphatic carboxylic acids is 1. The highest BCUT2D eigenvalue weighted by Crippen LogP contribution is 2.28. The van der Waals surface area contributed by atoms with Gasteiger partial charge in [0.05, 0.1) is 23.5 Å². The van der Waals surface area contributed by atoms with Crippen LogP contribution in [0.2, 0.25) is 0 Å². The van der Waals surface area contributed by atoms with Crippen molar-refractivity contribution in [2.24, 2.45) is 5.92 Å². The third-order valence-electron chi connectivity index (χ3n) is 3.52. The lowest BCUT2D eigenvalue weighted by atomic mass is 10.1. The molecule has 2 aromatic heterocycles. The number of hydrogen-bond donors (Lipinski definition) is 1. The van der Waals surface area contributed by atoms with E-state index >= 15 is 0 Å². The number of aromatic nitrogens is 3. The molecule has 3 rings (SSSR count). The lowest BCUT2D eigenvalue weighted by Crippen LogP contribution is -2.26. The van der Waals surface area contributed by atoms with Gasteiger partial charge in [-0.2, -0.15) is 5.10 Å². The van der Waals surface area contributed by atoms with Gasteiger partial charge in [-0.05, 0) is 19.1 Å². The Morgan fingerprint density at radius 2 is 2.24 bits per heavy atom. The van der Waals surface area contributed by atoms with Crippen molar-refractivity contribution in [2.45, 2.75) is 13.3 Å². The minimum atomic E-state index is -0.944. The molecule has 108 valence electrons. The van der Waals surface area contributed by atoms with E-state index in [2.05, 4.69) is 10.1 Å². The van der Waals surface area contributed by atoms with Crippen molar-refractivity contribution in [3.63, 3.8) is 0 Å². The molecule has 1 N–H and O–H groups in total. The second kappa shape index (κ2) is 5.01. The first-order valence-electron chi connectivity index (χ1n) is 6.57. The number of rotatable bonds is 3. The molecule has 0 aromatic carbocycles. The van der Waals surface area contributed by atoms with Crippen LogP contribution in [0.5, 0.6) is 0 Å². The summed E-state index contributed by atoms with van der Waals surface area (Å²) in [5.41, 5.74) is 1.30. The average molecular weight is 286 g/mol. The van der Waals surface area contributed by atoms with E-state index in [4.69, 9.17) is 5.11 Å². The lowest BCUT2D eigenvalue weighted by molar-refractivity contribution is -0.141. The highest BCUT2D eigenvalue weighted by atomic mass is 16.4. The van der Waals surface area contributed by atoms with Gasteiger partial charge in [-0.3, -0.25) is 9.59 Å². The molecular formula is C14H14N4O3. The molecule has 7 heteroatoms. The van der Waals surface area contributed by atoms with Crippen molar-refractivity contribution in [3.05, 3.63) is 36.3 Å². The van der Waals surface area contributed by atoms with E-state index in [1.165, 1.54) is 4.90 Å². The van der Waals surface area contributed by atoms with E-state index in [-0.39, 0.29) is 18.9 Å². The Hall–Kier alpha value is -2.70. The third-order valence-corrected chi connectivity index (χ3v) is 3.52. The fourth-order valence-electron chi connectivity index (χ4n) is 2.43. The zero-order valence-corrected chi connectivity index (χ0v) is 11.4. The minimum Gasteiger partial charge on any atom is -0.481 e. The zero-order chi connectivity index (χ0) is 15.0. The van der Waals surface area contributed by atoms with Crippen LogP contribution in [0.25, 0.3) is 5.82 Å². The molecule has 1 saturated heterocycles. The van der Waals surface area contributed by atoms with Crippen LogP contribution in [0.3, 0.4) is 0 Å². The van der Waals surface area contributed by atoms with Gasteiger partial charge in [-0.15, -0.1) is 0 Å². The first-order valence-corrected chi connectivity index (χ1v) is 6.57. The van der Waals surface area contributed by atoms with Crippen molar-refractivity contribution in [1.82, 2.24) is 14.8 Å². The summed E-state index contributed by atoms with van der Waals surface area (Å²) in [6.45, 7) is 1.97. The molecule has 2 aromatic rings. The number of hydrogen-bond acceptors (Lipinski definition) is 4. The average Bonchev–Trinajstić information content (AvgIpc) is 3.03. The second-order valence-electron chi connectivity index (χ2n) is 4.98. The smallest absolute Gasteiger partial charge is 0.308 e. The molecule has 1 aliphatic heterocycles. The van der Waals surface area contributed by atoms with Crippen molar-refractivity contribution in [1.29, 1.82) is 0 Å². The Balaban J connectivity index is 1.92. The molecule has 1 fully saturated rings. The topological polar surface area (TPSA) is 88.3 Å². The Morgan fingerprint density at radius 1 is 1.43 bits per heavy atom. The molecule has 1 aliphatic rings. The number of carboxylic acid groups (broad SMARTS) is 1. The van der Waals surface area contributed by atoms with Crippen LogP contribution < -0.4 is 4.90 Å². The number of aryl methyl sites for hydroxylation is 1. The van der Waals surface area contributed by atoms with Gasteiger partial charge in [0.2, 0.25) is 5.91 Å². The van der Waals surface area contributed by atoms with Gasteiger partial charge in [0.25, 0.3) is 0 Å². The molecule has 3 heterocycles. The van der Waals surface area contributed by atoms with E-state index in [1.54, 1.807) is 24.0 Å². The Morgan fingerprint density at radius 3 is 2.86 bits per heavy atom. The summed E-state index contributed by atoms with van der Waals surface area (Å²) >= 11 is 0. The van der Waals surface area contributed by atoms with Crippen LogP contribution in [-0.2, 0) is 9.59 Å². The summed E-state index contributed by atoms with van der Waals surface area (Å²) in [5.74, 6) is -1.14. The van der Waals surface area contributed by atoms with E-state index in [1.807, 2.05) is 18.2 Å². The Labute approximate surface area is 120 Å². The number of amides is 1. The minimum absolute atomic E-state index is 0.0313. The molecule has 1 amide bonds. The quantitative estimate of drug-likeness (QED) is 0.909. The van der Waals surface area contributed by atoms with Crippen LogP contribution in [0.15, 0.2) is 30.6 Å². The summed E-state index contributed by atoms with van der Waals surface area (Å²) in [6, 6.07) is 5.46. The number of carbonyl (C=O) groups is 2. The summed E-state index contributed by atoms with van der Waals surface area (Å²) in [6.07, 6.45) is 3.40. The van der Waals surface area contributed by atoms with Crippen molar-refractivity contribution < 1.29 is 14.7 Å². The zero-order valence-electron chi connectivity index (χ0n) is 11.4. The molecule has 0 bridgehead atoms. The molecule has 1 atom stereocenters. The summed E-state index contributed by atoms with van der Waals surface area (Å²) in [5, 5.41) is 13.4. The Bertz CT molecular complexity index is 695. The number of pyridine rings is 1. The van der Waals surface area contributed by atoms with Crippen LogP contribution in [0.1, 0.15) is 12.1 Å². The van der Waals surface area contributed by atoms with Crippen molar-refractivity contribution in [2.75, 3.05) is 11.4 Å². The van der Waals surface area contributed by atoms with Gasteiger partial charge in [-0.25, -0.2) is 9.67 Å². The number of nitrogens with zero attached hydrogens (tertiary/aromatic N) is 4. The Kier molecular flexibility index (Phi) is 3.17. The predicted molar refractivity (Wildman–Crippen MR) is 74.2 cm³/mol. The first-order chi connectivity index (χ1) is 10.1. The van der Waals surface area contributed by atoms with Gasteiger partial charge in [0, 0.05) is 19.2 Å². The normalized spacial score (nSPS) is 18.2. The highest BCUT2D eigenvalue weighted by molar-refractivity contribution is 5.99. The van der Waals surface area contributed by atoms with E-state index in [0.29, 0.717) is 17.2 Å². The molecule has 0 saturated carbocycles. The first kappa shape index (κ1) is 13.3. The standard InChI is InChI=1S/C14H14N4O3/c1-9-11(17-7-10(14(20)21)6-13(17)19)8-18(16-9)12-4-2-3-5-15-12/h2-5,8,10H,6-7H2,1H3,(H,20,21)/t10-/m1/s1. The second-order valence-corrected chi connectivity index (χ2v) is 4.98. The van der Waals surface area contributed by atoms with Crippen LogP contribution in [0, 0.1) is 12.8 Å². The van der Waals surface area contributed by atoms with E-state index < -0.39 is 11.9 Å². The largest absolute Gasteiger partial charge is 0.481 e. The van der Waals surface area contributed by atoms with Gasteiger partial charge in [-0.1, -0.05) is 6.07 Å². The number of carboxylic acids is 1.